The number of aryl methyl sites for hydroxylation is 2. The number of halogens is 3. The second-order valence-electron chi connectivity index (χ2n) is 9.70. The van der Waals surface area contributed by atoms with Crippen molar-refractivity contribution < 1.29 is 22.8 Å². The summed E-state index contributed by atoms with van der Waals surface area (Å²) in [6.07, 6.45) is -0.959. The topological polar surface area (TPSA) is 146 Å². The maximum Gasteiger partial charge on any atom is 0.573 e. The molecule has 0 radical (unpaired) electrons. The Bertz CT molecular complexity index is 1310. The molecule has 0 bridgehead atoms. The molecule has 0 atom stereocenters. The van der Waals surface area contributed by atoms with Crippen molar-refractivity contribution in [2.45, 2.75) is 64.5 Å². The third kappa shape index (κ3) is 7.56. The summed E-state index contributed by atoms with van der Waals surface area (Å²) in [7, 11) is 1.92. The van der Waals surface area contributed by atoms with Crippen LogP contribution in [0.4, 0.5) is 30.6 Å². The smallest absolute Gasteiger partial charge is 0.405 e. The zero-order valence-corrected chi connectivity index (χ0v) is 21.7. The summed E-state index contributed by atoms with van der Waals surface area (Å²) in [5.74, 6) is -0.494. The standard InChI is InChI=1S/C25H31F3N8O3/c1-15-11-19(35(2)34-15)14-30-18-9-7-16(8-10-18)12-20-22(36(37)38)23(29)33-24(32-20)31-13-17-5-3-4-6-21(17)39-25(26,27)28/h3-6,11,16,18,30H,7-10,12-14H2,1-2H3,(H3,29,31,32,33). The molecule has 210 valence electrons. The van der Waals surface area contributed by atoms with Crippen molar-refractivity contribution in [2.75, 3.05) is 11.1 Å². The number of benzene rings is 1. The lowest BCUT2D eigenvalue weighted by atomic mass is 9.83. The molecule has 11 nitrogen and oxygen atoms in total. The molecular formula is C25H31F3N8O3. The number of rotatable bonds is 10. The van der Waals surface area contributed by atoms with Gasteiger partial charge in [0.25, 0.3) is 0 Å². The highest BCUT2D eigenvalue weighted by Crippen LogP contribution is 2.33. The van der Waals surface area contributed by atoms with Crippen LogP contribution in [-0.2, 0) is 26.6 Å². The van der Waals surface area contributed by atoms with Crippen LogP contribution in [0.5, 0.6) is 5.75 Å². The van der Waals surface area contributed by atoms with Crippen LogP contribution < -0.4 is 21.1 Å². The molecule has 3 aromatic rings. The number of nitrogens with one attached hydrogen (secondary N) is 2. The van der Waals surface area contributed by atoms with E-state index in [2.05, 4.69) is 30.4 Å². The van der Waals surface area contributed by atoms with E-state index in [9.17, 15) is 23.3 Å². The van der Waals surface area contributed by atoms with E-state index < -0.39 is 11.3 Å². The van der Waals surface area contributed by atoms with Gasteiger partial charge in [-0.2, -0.15) is 10.1 Å². The maximum absolute atomic E-state index is 12.7. The number of aromatic nitrogens is 4. The molecule has 0 unspecified atom stereocenters. The molecule has 0 aliphatic heterocycles. The van der Waals surface area contributed by atoms with Crippen LogP contribution in [-0.4, -0.2) is 37.1 Å². The second kappa shape index (κ2) is 11.8. The van der Waals surface area contributed by atoms with Crippen molar-refractivity contribution in [3.8, 4) is 5.75 Å². The Labute approximate surface area is 223 Å². The van der Waals surface area contributed by atoms with Gasteiger partial charge in [0.1, 0.15) is 11.4 Å². The maximum atomic E-state index is 12.7. The van der Waals surface area contributed by atoms with Crippen LogP contribution >= 0.6 is 0 Å². The van der Waals surface area contributed by atoms with Crippen LogP contribution in [0.3, 0.4) is 0 Å². The molecule has 1 fully saturated rings. The number of hydrogen-bond donors (Lipinski definition) is 3. The highest BCUT2D eigenvalue weighted by molar-refractivity contribution is 5.58. The lowest BCUT2D eigenvalue weighted by Crippen LogP contribution is -2.33. The minimum Gasteiger partial charge on any atom is -0.405 e. The largest absolute Gasteiger partial charge is 0.573 e. The Morgan fingerprint density at radius 2 is 1.90 bits per heavy atom. The number of nitrogens with zero attached hydrogens (tertiary/aromatic N) is 5. The summed E-state index contributed by atoms with van der Waals surface area (Å²) >= 11 is 0. The number of alkyl halides is 3. The Morgan fingerprint density at radius 1 is 1.18 bits per heavy atom. The monoisotopic (exact) mass is 548 g/mol. The molecule has 39 heavy (non-hydrogen) atoms. The fourth-order valence-electron chi connectivity index (χ4n) is 4.91. The molecule has 0 saturated heterocycles. The zero-order chi connectivity index (χ0) is 28.2. The molecular weight excluding hydrogens is 517 g/mol. The highest BCUT2D eigenvalue weighted by Gasteiger charge is 2.32. The van der Waals surface area contributed by atoms with Crippen LogP contribution in [0.1, 0.15) is 48.3 Å². The fourth-order valence-corrected chi connectivity index (χ4v) is 4.91. The average molecular weight is 549 g/mol. The summed E-state index contributed by atoms with van der Waals surface area (Å²) in [4.78, 5) is 19.5. The van der Waals surface area contributed by atoms with Crippen molar-refractivity contribution in [3.05, 3.63) is 63.1 Å². The third-order valence-electron chi connectivity index (χ3n) is 6.80. The first-order valence-corrected chi connectivity index (χ1v) is 12.6. The van der Waals surface area contributed by atoms with Crippen molar-refractivity contribution in [2.24, 2.45) is 13.0 Å². The van der Waals surface area contributed by atoms with E-state index in [-0.39, 0.29) is 46.9 Å². The third-order valence-corrected chi connectivity index (χ3v) is 6.80. The van der Waals surface area contributed by atoms with Crippen molar-refractivity contribution in [1.29, 1.82) is 0 Å². The molecule has 4 rings (SSSR count). The van der Waals surface area contributed by atoms with Gasteiger partial charge in [-0.3, -0.25) is 14.8 Å². The predicted octanol–water partition coefficient (Wildman–Crippen LogP) is 4.41. The number of nitrogen functional groups attached to an aromatic ring is 1. The van der Waals surface area contributed by atoms with Gasteiger partial charge in [-0.05, 0) is 57.1 Å². The zero-order valence-electron chi connectivity index (χ0n) is 21.7. The molecule has 1 aromatic carbocycles. The summed E-state index contributed by atoms with van der Waals surface area (Å²) in [5.41, 5.74) is 8.07. The second-order valence-corrected chi connectivity index (χ2v) is 9.70. The molecule has 2 aromatic heterocycles. The van der Waals surface area contributed by atoms with Crippen LogP contribution in [0, 0.1) is 23.0 Å². The van der Waals surface area contributed by atoms with E-state index in [4.69, 9.17) is 5.73 Å². The van der Waals surface area contributed by atoms with E-state index in [1.54, 1.807) is 6.07 Å². The number of para-hydroxylation sites is 1. The quantitative estimate of drug-likeness (QED) is 0.248. The molecule has 1 saturated carbocycles. The first-order chi connectivity index (χ1) is 18.5. The van der Waals surface area contributed by atoms with Gasteiger partial charge in [0.2, 0.25) is 11.8 Å². The van der Waals surface area contributed by atoms with Gasteiger partial charge in [0, 0.05) is 31.7 Å². The summed E-state index contributed by atoms with van der Waals surface area (Å²) in [5, 5.41) is 22.5. The minimum absolute atomic E-state index is 0.00302. The van der Waals surface area contributed by atoms with E-state index in [1.165, 1.54) is 18.2 Å². The number of anilines is 2. The van der Waals surface area contributed by atoms with E-state index in [0.29, 0.717) is 19.0 Å². The van der Waals surface area contributed by atoms with Crippen LogP contribution in [0.25, 0.3) is 0 Å². The predicted molar refractivity (Wildman–Crippen MR) is 138 cm³/mol. The molecule has 0 amide bonds. The summed E-state index contributed by atoms with van der Waals surface area (Å²) in [6.45, 7) is 2.57. The molecule has 2 heterocycles. The summed E-state index contributed by atoms with van der Waals surface area (Å²) in [6, 6.07) is 8.03. The molecule has 1 aliphatic rings. The van der Waals surface area contributed by atoms with Gasteiger partial charge in [-0.15, -0.1) is 13.2 Å². The van der Waals surface area contributed by atoms with Crippen LogP contribution in [0.15, 0.2) is 30.3 Å². The molecule has 0 spiro atoms. The first-order valence-electron chi connectivity index (χ1n) is 12.6. The van der Waals surface area contributed by atoms with Crippen molar-refractivity contribution in [1.82, 2.24) is 25.1 Å². The van der Waals surface area contributed by atoms with Gasteiger partial charge >= 0.3 is 12.0 Å². The number of ether oxygens (including phenoxy) is 1. The number of hydrogen-bond acceptors (Lipinski definition) is 9. The molecule has 14 heteroatoms. The normalized spacial score (nSPS) is 17.7. The molecule has 1 aliphatic carbocycles. The van der Waals surface area contributed by atoms with Gasteiger partial charge in [0.15, 0.2) is 0 Å². The fraction of sp³-hybridized carbons (Fsp3) is 0.480. The van der Waals surface area contributed by atoms with Gasteiger partial charge in [0.05, 0.1) is 16.3 Å². The van der Waals surface area contributed by atoms with E-state index in [0.717, 1.165) is 37.1 Å². The van der Waals surface area contributed by atoms with Crippen LogP contribution in [0.2, 0.25) is 0 Å². The van der Waals surface area contributed by atoms with E-state index >= 15 is 0 Å². The van der Waals surface area contributed by atoms with E-state index in [1.807, 2.05) is 24.7 Å². The van der Waals surface area contributed by atoms with Gasteiger partial charge in [-0.25, -0.2) is 4.98 Å². The first kappa shape index (κ1) is 28.1. The Balaban J connectivity index is 1.40. The lowest BCUT2D eigenvalue weighted by molar-refractivity contribution is -0.385. The number of nitro groups is 1. The number of nitrogens with two attached hydrogens (primary N) is 1. The van der Waals surface area contributed by atoms with Gasteiger partial charge < -0.3 is 21.1 Å². The lowest BCUT2D eigenvalue weighted by Gasteiger charge is -2.29. The minimum atomic E-state index is -4.84. The Kier molecular flexibility index (Phi) is 8.53. The van der Waals surface area contributed by atoms with Crippen molar-refractivity contribution >= 4 is 17.5 Å². The Hall–Kier alpha value is -3.94. The molecule has 4 N–H and O–H groups in total. The summed E-state index contributed by atoms with van der Waals surface area (Å²) < 4.78 is 44.2. The SMILES string of the molecule is Cc1cc(CNC2CCC(Cc3nc(NCc4ccccc4OC(F)(F)F)nc(N)c3[N+](=O)[O-])CC2)n(C)n1. The average Bonchev–Trinajstić information content (AvgIpc) is 3.18. The Morgan fingerprint density at radius 3 is 2.54 bits per heavy atom. The highest BCUT2D eigenvalue weighted by atomic mass is 19.4. The van der Waals surface area contributed by atoms with Gasteiger partial charge in [-0.1, -0.05) is 18.2 Å². The van der Waals surface area contributed by atoms with Crippen molar-refractivity contribution in [3.63, 3.8) is 0 Å².